The van der Waals surface area contributed by atoms with Crippen molar-refractivity contribution in [1.29, 1.82) is 0 Å². The Morgan fingerprint density at radius 3 is 2.62 bits per heavy atom. The highest BCUT2D eigenvalue weighted by Gasteiger charge is 2.41. The molecule has 3 N–H and O–H groups in total. The Hall–Kier alpha value is -0.650. The molecule has 0 bridgehead atoms. The van der Waals surface area contributed by atoms with Crippen molar-refractivity contribution in [2.45, 2.75) is 6.10 Å². The van der Waals surface area contributed by atoms with Crippen LogP contribution in [0.15, 0.2) is 0 Å². The van der Waals surface area contributed by atoms with Crippen molar-refractivity contribution in [3.8, 4) is 0 Å². The van der Waals surface area contributed by atoms with E-state index in [9.17, 15) is 9.90 Å². The van der Waals surface area contributed by atoms with Gasteiger partial charge in [0.15, 0.2) is 6.10 Å². The molecule has 1 saturated heterocycles. The zero-order valence-corrected chi connectivity index (χ0v) is 7.65. The molecule has 0 radical (unpaired) electrons. The number of hydrogen-bond donors (Lipinski definition) is 3. The van der Waals surface area contributed by atoms with Crippen molar-refractivity contribution in [3.05, 3.63) is 0 Å². The molecule has 76 valence electrons. The molecule has 0 aromatic carbocycles. The second-order valence-electron chi connectivity index (χ2n) is 3.60. The molecule has 1 fully saturated rings. The molecule has 1 amide bonds. The molecule has 0 saturated carbocycles. The minimum atomic E-state index is -0.234. The summed E-state index contributed by atoms with van der Waals surface area (Å²) in [4.78, 5) is 10.0. The van der Waals surface area contributed by atoms with Crippen molar-refractivity contribution < 1.29 is 19.5 Å². The third-order valence-corrected chi connectivity index (χ3v) is 2.58. The highest BCUT2D eigenvalue weighted by atomic mass is 16.3. The van der Waals surface area contributed by atoms with Crippen LogP contribution in [0.3, 0.4) is 0 Å². The van der Waals surface area contributed by atoms with Crippen molar-refractivity contribution in [2.24, 2.45) is 0 Å². The quantitative estimate of drug-likeness (QED) is 0.255. The van der Waals surface area contributed by atoms with Gasteiger partial charge in [-0.05, 0) is 0 Å². The van der Waals surface area contributed by atoms with Crippen LogP contribution in [0.5, 0.6) is 0 Å². The highest BCUT2D eigenvalue weighted by Crippen LogP contribution is 2.19. The maximum absolute atomic E-state index is 10.0. The van der Waals surface area contributed by atoms with E-state index in [-0.39, 0.29) is 12.7 Å². The Labute approximate surface area is 77.6 Å². The molecule has 1 aliphatic rings. The number of likely N-dealkylation sites (tertiary alicyclic amines) is 1. The number of nitrogens with zero attached hydrogens (tertiary/aromatic N) is 1. The molecular formula is C8H17N2O3+. The van der Waals surface area contributed by atoms with Crippen LogP contribution in [0.2, 0.25) is 0 Å². The summed E-state index contributed by atoms with van der Waals surface area (Å²) >= 11 is 0. The van der Waals surface area contributed by atoms with Crippen molar-refractivity contribution in [2.75, 3.05) is 39.3 Å². The Kier molecular flexibility index (Phi) is 3.65. The number of amides is 1. The van der Waals surface area contributed by atoms with E-state index in [1.165, 1.54) is 0 Å². The molecule has 0 spiro atoms. The summed E-state index contributed by atoms with van der Waals surface area (Å²) in [7, 11) is 0. The molecule has 1 rings (SSSR count). The van der Waals surface area contributed by atoms with Crippen molar-refractivity contribution in [1.82, 2.24) is 5.32 Å². The lowest BCUT2D eigenvalue weighted by molar-refractivity contribution is -0.971. The summed E-state index contributed by atoms with van der Waals surface area (Å²) in [6.45, 7) is 3.58. The Balaban J connectivity index is 2.27. The number of aliphatic hydroxyl groups is 2. The van der Waals surface area contributed by atoms with Gasteiger partial charge < -0.3 is 20.0 Å². The lowest BCUT2D eigenvalue weighted by Gasteiger charge is -2.48. The third kappa shape index (κ3) is 2.65. The fraction of sp³-hybridized carbons (Fsp3) is 0.875. The van der Waals surface area contributed by atoms with Crippen LogP contribution in [0.1, 0.15) is 0 Å². The van der Waals surface area contributed by atoms with E-state index in [4.69, 9.17) is 5.11 Å². The average molecular weight is 189 g/mol. The number of aliphatic hydroxyl groups excluding tert-OH is 2. The fourth-order valence-corrected chi connectivity index (χ4v) is 1.89. The van der Waals surface area contributed by atoms with E-state index < -0.39 is 0 Å². The number of hydrogen-bond acceptors (Lipinski definition) is 3. The molecule has 0 unspecified atom stereocenters. The molecule has 5 heteroatoms. The van der Waals surface area contributed by atoms with Crippen LogP contribution in [-0.2, 0) is 4.79 Å². The summed E-state index contributed by atoms with van der Waals surface area (Å²) in [5, 5.41) is 20.6. The topological polar surface area (TPSA) is 69.6 Å². The van der Waals surface area contributed by atoms with Crippen LogP contribution in [-0.4, -0.2) is 66.5 Å². The lowest BCUT2D eigenvalue weighted by atomic mass is 10.1. The average Bonchev–Trinajstić information content (AvgIpc) is 2.03. The van der Waals surface area contributed by atoms with E-state index in [0.29, 0.717) is 32.6 Å². The van der Waals surface area contributed by atoms with Gasteiger partial charge in [-0.1, -0.05) is 0 Å². The zero-order chi connectivity index (χ0) is 9.73. The van der Waals surface area contributed by atoms with Crippen LogP contribution < -0.4 is 5.32 Å². The SMILES string of the molecule is O=CNCC[N+]1(CCO)CC(O)C1. The maximum atomic E-state index is 10.0. The number of carbonyl (C=O) groups is 1. The summed E-state index contributed by atoms with van der Waals surface area (Å²) in [6, 6.07) is 0. The maximum Gasteiger partial charge on any atom is 0.207 e. The second kappa shape index (κ2) is 4.55. The summed E-state index contributed by atoms with van der Waals surface area (Å²) < 4.78 is 0.721. The van der Waals surface area contributed by atoms with Gasteiger partial charge in [-0.3, -0.25) is 4.79 Å². The standard InChI is InChI=1S/C8H16N2O3/c11-4-3-10(2-1-9-7-12)5-8(13)6-10/h7-8,11,13H,1-6H2/p+1. The predicted molar refractivity (Wildman–Crippen MR) is 46.9 cm³/mol. The van der Waals surface area contributed by atoms with Gasteiger partial charge in [0, 0.05) is 0 Å². The summed E-state index contributed by atoms with van der Waals surface area (Å²) in [5.74, 6) is 0. The molecule has 0 aliphatic carbocycles. The lowest BCUT2D eigenvalue weighted by Crippen LogP contribution is -2.68. The Bertz CT molecular complexity index is 163. The molecule has 1 aliphatic heterocycles. The monoisotopic (exact) mass is 189 g/mol. The normalized spacial score (nSPS) is 32.3. The van der Waals surface area contributed by atoms with Gasteiger partial charge in [0.05, 0.1) is 19.7 Å². The van der Waals surface area contributed by atoms with Gasteiger partial charge in [0.25, 0.3) is 0 Å². The van der Waals surface area contributed by atoms with Gasteiger partial charge in [-0.25, -0.2) is 0 Å². The number of nitrogens with one attached hydrogen (secondary N) is 1. The minimum Gasteiger partial charge on any atom is -0.391 e. The largest absolute Gasteiger partial charge is 0.391 e. The predicted octanol–water partition coefficient (Wildman–Crippen LogP) is -2.08. The molecule has 0 atom stereocenters. The van der Waals surface area contributed by atoms with Crippen LogP contribution in [0.25, 0.3) is 0 Å². The number of rotatable bonds is 6. The van der Waals surface area contributed by atoms with E-state index in [1.54, 1.807) is 0 Å². The van der Waals surface area contributed by atoms with Gasteiger partial charge in [-0.2, -0.15) is 0 Å². The van der Waals surface area contributed by atoms with Crippen molar-refractivity contribution in [3.63, 3.8) is 0 Å². The van der Waals surface area contributed by atoms with Gasteiger partial charge in [0.1, 0.15) is 19.6 Å². The first-order valence-electron chi connectivity index (χ1n) is 4.53. The van der Waals surface area contributed by atoms with Crippen LogP contribution in [0.4, 0.5) is 0 Å². The van der Waals surface area contributed by atoms with E-state index in [1.807, 2.05) is 0 Å². The van der Waals surface area contributed by atoms with E-state index >= 15 is 0 Å². The number of quaternary nitrogens is 1. The van der Waals surface area contributed by atoms with Crippen molar-refractivity contribution >= 4 is 6.41 Å². The molecule has 1 heterocycles. The third-order valence-electron chi connectivity index (χ3n) is 2.58. The van der Waals surface area contributed by atoms with E-state index in [0.717, 1.165) is 11.0 Å². The summed E-state index contributed by atoms with van der Waals surface area (Å²) in [5.41, 5.74) is 0. The first-order valence-corrected chi connectivity index (χ1v) is 4.53. The minimum absolute atomic E-state index is 0.133. The molecular weight excluding hydrogens is 172 g/mol. The Morgan fingerprint density at radius 1 is 1.46 bits per heavy atom. The van der Waals surface area contributed by atoms with Gasteiger partial charge in [-0.15, -0.1) is 0 Å². The van der Waals surface area contributed by atoms with Crippen LogP contribution >= 0.6 is 0 Å². The van der Waals surface area contributed by atoms with E-state index in [2.05, 4.69) is 5.32 Å². The smallest absolute Gasteiger partial charge is 0.207 e. The highest BCUT2D eigenvalue weighted by molar-refractivity contribution is 5.45. The van der Waals surface area contributed by atoms with Gasteiger partial charge in [0.2, 0.25) is 6.41 Å². The molecule has 0 aromatic rings. The first kappa shape index (κ1) is 10.4. The molecule has 0 aromatic heterocycles. The summed E-state index contributed by atoms with van der Waals surface area (Å²) in [6.07, 6.45) is 0.439. The van der Waals surface area contributed by atoms with Gasteiger partial charge >= 0.3 is 0 Å². The first-order chi connectivity index (χ1) is 6.22. The fourth-order valence-electron chi connectivity index (χ4n) is 1.89. The molecule has 13 heavy (non-hydrogen) atoms. The Morgan fingerprint density at radius 2 is 2.15 bits per heavy atom. The number of carbonyl (C=O) groups excluding carboxylic acids is 1. The zero-order valence-electron chi connectivity index (χ0n) is 7.65. The molecule has 5 nitrogen and oxygen atoms in total. The second-order valence-corrected chi connectivity index (χ2v) is 3.60. The van der Waals surface area contributed by atoms with Crippen LogP contribution in [0, 0.1) is 0 Å².